The highest BCUT2D eigenvalue weighted by Gasteiger charge is 2.17. The van der Waals surface area contributed by atoms with Crippen LogP contribution in [0.3, 0.4) is 0 Å². The number of aryl methyl sites for hydroxylation is 1. The summed E-state index contributed by atoms with van der Waals surface area (Å²) in [5.74, 6) is -0.117. The minimum absolute atomic E-state index is 0.0474. The number of amides is 1. The fourth-order valence-corrected chi connectivity index (χ4v) is 3.00. The highest BCUT2D eigenvalue weighted by atomic mass is 32.1. The summed E-state index contributed by atoms with van der Waals surface area (Å²) in [4.78, 5) is 13.5. The van der Waals surface area contributed by atoms with Crippen LogP contribution in [0.1, 0.15) is 29.0 Å². The van der Waals surface area contributed by atoms with Crippen molar-refractivity contribution in [1.29, 1.82) is 0 Å². The van der Waals surface area contributed by atoms with E-state index in [9.17, 15) is 4.79 Å². The summed E-state index contributed by atoms with van der Waals surface area (Å²) in [6.45, 7) is 1.98. The highest BCUT2D eigenvalue weighted by Crippen LogP contribution is 2.24. The quantitative estimate of drug-likeness (QED) is 0.799. The Hall–Kier alpha value is -2.40. The van der Waals surface area contributed by atoms with Crippen LogP contribution in [-0.4, -0.2) is 15.7 Å². The molecule has 22 heavy (non-hydrogen) atoms. The van der Waals surface area contributed by atoms with Gasteiger partial charge in [-0.05, 0) is 30.0 Å². The minimum Gasteiger partial charge on any atom is -0.344 e. The van der Waals surface area contributed by atoms with Crippen molar-refractivity contribution in [3.63, 3.8) is 0 Å². The van der Waals surface area contributed by atoms with E-state index in [1.54, 1.807) is 23.1 Å². The van der Waals surface area contributed by atoms with Gasteiger partial charge < -0.3 is 5.32 Å². The van der Waals surface area contributed by atoms with Crippen molar-refractivity contribution in [2.75, 3.05) is 0 Å². The number of nitrogens with one attached hydrogen (secondary N) is 1. The fourth-order valence-electron chi connectivity index (χ4n) is 2.32. The fraction of sp³-hybridized carbons (Fsp3) is 0.176. The van der Waals surface area contributed by atoms with Crippen molar-refractivity contribution in [1.82, 2.24) is 15.1 Å². The number of carbonyl (C=O) groups is 1. The summed E-state index contributed by atoms with van der Waals surface area (Å²) < 4.78 is 1.63. The predicted molar refractivity (Wildman–Crippen MR) is 88.8 cm³/mol. The van der Waals surface area contributed by atoms with Gasteiger partial charge in [-0.3, -0.25) is 9.48 Å². The lowest BCUT2D eigenvalue weighted by Gasteiger charge is -2.14. The molecule has 1 atom stereocenters. The molecular formula is C17H17N3OS. The zero-order chi connectivity index (χ0) is 15.5. The molecule has 0 saturated heterocycles. The van der Waals surface area contributed by atoms with Crippen molar-refractivity contribution in [2.24, 2.45) is 7.05 Å². The molecule has 1 unspecified atom stereocenters. The standard InChI is InChI=1S/C17H17N3OS/c1-12(13-7-4-3-5-8-13)18-17(21)15-11-14(19-20(15)2)16-9-6-10-22-16/h3-12H,1-2H3,(H,18,21). The number of rotatable bonds is 4. The van der Waals surface area contributed by atoms with Crippen LogP contribution in [0, 0.1) is 0 Å². The van der Waals surface area contributed by atoms with E-state index in [-0.39, 0.29) is 11.9 Å². The maximum atomic E-state index is 12.5. The van der Waals surface area contributed by atoms with Gasteiger partial charge in [-0.15, -0.1) is 11.3 Å². The first-order chi connectivity index (χ1) is 10.6. The number of nitrogens with zero attached hydrogens (tertiary/aromatic N) is 2. The molecule has 4 nitrogen and oxygen atoms in total. The number of aromatic nitrogens is 2. The first-order valence-corrected chi connectivity index (χ1v) is 7.97. The second-order valence-corrected chi connectivity index (χ2v) is 6.07. The molecule has 3 aromatic rings. The van der Waals surface area contributed by atoms with Crippen LogP contribution < -0.4 is 5.32 Å². The molecule has 2 aromatic heterocycles. The first kappa shape index (κ1) is 14.5. The summed E-state index contributed by atoms with van der Waals surface area (Å²) in [6, 6.07) is 15.7. The molecule has 1 aromatic carbocycles. The van der Waals surface area contributed by atoms with Crippen molar-refractivity contribution in [3.05, 3.63) is 65.2 Å². The molecule has 0 saturated carbocycles. The summed E-state index contributed by atoms with van der Waals surface area (Å²) in [5, 5.41) is 9.44. The average Bonchev–Trinajstić information content (AvgIpc) is 3.17. The van der Waals surface area contributed by atoms with Gasteiger partial charge in [-0.1, -0.05) is 36.4 Å². The van der Waals surface area contributed by atoms with Crippen molar-refractivity contribution >= 4 is 17.2 Å². The van der Waals surface area contributed by atoms with Crippen molar-refractivity contribution < 1.29 is 4.79 Å². The van der Waals surface area contributed by atoms with Gasteiger partial charge in [0.15, 0.2) is 0 Å². The van der Waals surface area contributed by atoms with Gasteiger partial charge in [0.1, 0.15) is 11.4 Å². The average molecular weight is 311 g/mol. The largest absolute Gasteiger partial charge is 0.344 e. The van der Waals surface area contributed by atoms with Gasteiger partial charge in [0, 0.05) is 7.05 Å². The number of thiophene rings is 1. The molecule has 0 bridgehead atoms. The Morgan fingerprint density at radius 1 is 1.23 bits per heavy atom. The van der Waals surface area contributed by atoms with Crippen LogP contribution in [0.25, 0.3) is 10.6 Å². The smallest absolute Gasteiger partial charge is 0.270 e. The van der Waals surface area contributed by atoms with E-state index in [2.05, 4.69) is 10.4 Å². The lowest BCUT2D eigenvalue weighted by molar-refractivity contribution is 0.0930. The van der Waals surface area contributed by atoms with Crippen LogP contribution in [-0.2, 0) is 7.05 Å². The van der Waals surface area contributed by atoms with E-state index in [0.717, 1.165) is 16.1 Å². The summed E-state index contributed by atoms with van der Waals surface area (Å²) in [7, 11) is 1.79. The topological polar surface area (TPSA) is 46.9 Å². The van der Waals surface area contributed by atoms with Crippen LogP contribution in [0.4, 0.5) is 0 Å². The van der Waals surface area contributed by atoms with E-state index >= 15 is 0 Å². The lowest BCUT2D eigenvalue weighted by Crippen LogP contribution is -2.28. The Kier molecular flexibility index (Phi) is 4.06. The van der Waals surface area contributed by atoms with Gasteiger partial charge in [0.25, 0.3) is 5.91 Å². The Bertz CT molecular complexity index is 763. The molecule has 0 fully saturated rings. The first-order valence-electron chi connectivity index (χ1n) is 7.09. The Morgan fingerprint density at radius 3 is 2.68 bits per heavy atom. The third kappa shape index (κ3) is 2.94. The number of hydrogen-bond donors (Lipinski definition) is 1. The Balaban J connectivity index is 1.78. The highest BCUT2D eigenvalue weighted by molar-refractivity contribution is 7.13. The van der Waals surface area contributed by atoms with Gasteiger partial charge in [0.05, 0.1) is 10.9 Å². The number of carbonyl (C=O) groups excluding carboxylic acids is 1. The Morgan fingerprint density at radius 2 is 2.00 bits per heavy atom. The second-order valence-electron chi connectivity index (χ2n) is 5.12. The van der Waals surface area contributed by atoms with Crippen molar-refractivity contribution in [2.45, 2.75) is 13.0 Å². The molecule has 1 amide bonds. The summed E-state index contributed by atoms with van der Waals surface area (Å²) in [6.07, 6.45) is 0. The van der Waals surface area contributed by atoms with Crippen LogP contribution in [0.15, 0.2) is 53.9 Å². The van der Waals surface area contributed by atoms with Gasteiger partial charge in [-0.2, -0.15) is 5.10 Å². The summed E-state index contributed by atoms with van der Waals surface area (Å²) in [5.41, 5.74) is 2.47. The molecule has 3 rings (SSSR count). The van der Waals surface area contributed by atoms with Gasteiger partial charge >= 0.3 is 0 Å². The second kappa shape index (κ2) is 6.15. The molecule has 0 spiro atoms. The van der Waals surface area contributed by atoms with E-state index in [1.165, 1.54) is 0 Å². The SMILES string of the molecule is CC(NC(=O)c1cc(-c2cccs2)nn1C)c1ccccc1. The van der Waals surface area contributed by atoms with Crippen LogP contribution in [0.2, 0.25) is 0 Å². The molecule has 2 heterocycles. The normalized spacial score (nSPS) is 12.1. The zero-order valence-corrected chi connectivity index (χ0v) is 13.3. The molecule has 5 heteroatoms. The molecule has 0 aliphatic heterocycles. The van der Waals surface area contributed by atoms with Crippen LogP contribution >= 0.6 is 11.3 Å². The molecule has 0 aliphatic carbocycles. The molecular weight excluding hydrogens is 294 g/mol. The third-order valence-corrected chi connectivity index (χ3v) is 4.43. The third-order valence-electron chi connectivity index (χ3n) is 3.53. The lowest BCUT2D eigenvalue weighted by atomic mass is 10.1. The van der Waals surface area contributed by atoms with E-state index in [0.29, 0.717) is 5.69 Å². The number of hydrogen-bond acceptors (Lipinski definition) is 3. The van der Waals surface area contributed by atoms with E-state index in [1.807, 2.05) is 60.8 Å². The van der Waals surface area contributed by atoms with Gasteiger partial charge in [0.2, 0.25) is 0 Å². The molecule has 112 valence electrons. The van der Waals surface area contributed by atoms with Gasteiger partial charge in [-0.25, -0.2) is 0 Å². The predicted octanol–water partition coefficient (Wildman–Crippen LogP) is 3.64. The Labute approximate surface area is 133 Å². The monoisotopic (exact) mass is 311 g/mol. The summed E-state index contributed by atoms with van der Waals surface area (Å²) >= 11 is 1.61. The minimum atomic E-state index is -0.117. The zero-order valence-electron chi connectivity index (χ0n) is 12.5. The molecule has 1 N–H and O–H groups in total. The molecule has 0 radical (unpaired) electrons. The van der Waals surface area contributed by atoms with E-state index in [4.69, 9.17) is 0 Å². The van der Waals surface area contributed by atoms with Crippen molar-refractivity contribution in [3.8, 4) is 10.6 Å². The maximum absolute atomic E-state index is 12.5. The van der Waals surface area contributed by atoms with E-state index < -0.39 is 0 Å². The van der Waals surface area contributed by atoms with Crippen LogP contribution in [0.5, 0.6) is 0 Å². The maximum Gasteiger partial charge on any atom is 0.270 e. The molecule has 0 aliphatic rings. The number of benzene rings is 1.